The Kier molecular flexibility index (Phi) is 4.57. The van der Waals surface area contributed by atoms with Crippen LogP contribution in [0.1, 0.15) is 29.3 Å². The lowest BCUT2D eigenvalue weighted by Crippen LogP contribution is -2.29. The topological polar surface area (TPSA) is 91.7 Å². The average Bonchev–Trinajstić information content (AvgIpc) is 2.49. The van der Waals surface area contributed by atoms with Gasteiger partial charge in [-0.2, -0.15) is 0 Å². The maximum absolute atomic E-state index is 14.2. The number of carbonyl (C=O) groups excluding carboxylic acids is 1. The maximum atomic E-state index is 14.2. The van der Waals surface area contributed by atoms with Gasteiger partial charge in [-0.15, -0.1) is 0 Å². The van der Waals surface area contributed by atoms with Crippen LogP contribution in [0.2, 0.25) is 0 Å². The van der Waals surface area contributed by atoms with E-state index in [2.05, 4.69) is 0 Å². The number of aliphatic carboxylic acids is 2. The van der Waals surface area contributed by atoms with Crippen molar-refractivity contribution >= 4 is 34.4 Å². The van der Waals surface area contributed by atoms with Crippen molar-refractivity contribution in [3.05, 3.63) is 52.6 Å². The first-order valence-corrected chi connectivity index (χ1v) is 7.03. The van der Waals surface area contributed by atoms with Gasteiger partial charge in [0.1, 0.15) is 11.6 Å². The van der Waals surface area contributed by atoms with Crippen molar-refractivity contribution < 1.29 is 33.4 Å². The number of allylic oxidation sites excluding steroid dienone is 2. The smallest absolute Gasteiger partial charge is 0.332 e. The summed E-state index contributed by atoms with van der Waals surface area (Å²) in [6.07, 6.45) is 1.94. The molecule has 0 spiro atoms. The molecule has 0 heterocycles. The lowest BCUT2D eigenvalue weighted by molar-refractivity contribution is -0.145. The second kappa shape index (κ2) is 6.16. The van der Waals surface area contributed by atoms with Crippen LogP contribution in [0.25, 0.3) is 5.57 Å². The van der Waals surface area contributed by atoms with E-state index in [4.69, 9.17) is 11.6 Å². The molecular formula is C16H11ClF2O5. The van der Waals surface area contributed by atoms with Crippen molar-refractivity contribution in [2.75, 3.05) is 0 Å². The molecule has 1 unspecified atom stereocenters. The fourth-order valence-electron chi connectivity index (χ4n) is 2.38. The molecule has 1 atom stereocenters. The van der Waals surface area contributed by atoms with E-state index in [0.29, 0.717) is 12.1 Å². The Balaban J connectivity index is 2.64. The summed E-state index contributed by atoms with van der Waals surface area (Å²) in [7, 11) is 0. The number of halogens is 3. The zero-order valence-electron chi connectivity index (χ0n) is 12.3. The van der Waals surface area contributed by atoms with E-state index in [9.17, 15) is 33.4 Å². The summed E-state index contributed by atoms with van der Waals surface area (Å²) in [6.45, 7) is 1.32. The van der Waals surface area contributed by atoms with Crippen LogP contribution < -0.4 is 0 Å². The van der Waals surface area contributed by atoms with Gasteiger partial charge in [-0.25, -0.2) is 13.6 Å². The van der Waals surface area contributed by atoms with Gasteiger partial charge in [-0.05, 0) is 42.7 Å². The highest BCUT2D eigenvalue weighted by Crippen LogP contribution is 2.39. The quantitative estimate of drug-likeness (QED) is 0.808. The van der Waals surface area contributed by atoms with Crippen molar-refractivity contribution in [2.24, 2.45) is 5.41 Å². The summed E-state index contributed by atoms with van der Waals surface area (Å²) < 4.78 is 28.1. The predicted molar refractivity (Wildman–Crippen MR) is 80.6 cm³/mol. The van der Waals surface area contributed by atoms with Gasteiger partial charge in [-0.3, -0.25) is 9.59 Å². The third-order valence-corrected chi connectivity index (χ3v) is 4.00. The predicted octanol–water partition coefficient (Wildman–Crippen LogP) is 3.23. The Bertz CT molecular complexity index is 828. The van der Waals surface area contributed by atoms with Crippen LogP contribution in [0.4, 0.5) is 8.78 Å². The summed E-state index contributed by atoms with van der Waals surface area (Å²) in [4.78, 5) is 33.7. The number of carboxylic acid groups (broad SMARTS) is 2. The Morgan fingerprint density at radius 2 is 1.79 bits per heavy atom. The second-order valence-electron chi connectivity index (χ2n) is 5.52. The van der Waals surface area contributed by atoms with E-state index in [1.54, 1.807) is 0 Å². The SMILES string of the molecule is CC1(C(=O)O)C=CC(c2cc(F)c(C(=O)Cl)cc2F)=C(C(=O)O)C1. The van der Waals surface area contributed by atoms with E-state index in [1.165, 1.54) is 13.0 Å². The Labute approximate surface area is 139 Å². The highest BCUT2D eigenvalue weighted by Gasteiger charge is 2.37. The van der Waals surface area contributed by atoms with Crippen LogP contribution in [-0.2, 0) is 9.59 Å². The highest BCUT2D eigenvalue weighted by atomic mass is 35.5. The Morgan fingerprint density at radius 1 is 1.17 bits per heavy atom. The Hall–Kier alpha value is -2.54. The van der Waals surface area contributed by atoms with Crippen molar-refractivity contribution in [2.45, 2.75) is 13.3 Å². The second-order valence-corrected chi connectivity index (χ2v) is 5.86. The number of rotatable bonds is 4. The number of carbonyl (C=O) groups is 3. The molecule has 1 aliphatic rings. The molecule has 0 fully saturated rings. The fourth-order valence-corrected chi connectivity index (χ4v) is 2.53. The van der Waals surface area contributed by atoms with E-state index >= 15 is 0 Å². The van der Waals surface area contributed by atoms with Crippen LogP contribution >= 0.6 is 11.6 Å². The largest absolute Gasteiger partial charge is 0.481 e. The molecule has 1 aromatic carbocycles. The molecule has 0 bridgehead atoms. The van der Waals surface area contributed by atoms with Crippen LogP contribution in [0.3, 0.4) is 0 Å². The summed E-state index contributed by atoms with van der Waals surface area (Å²) in [5, 5.41) is 17.3. The first kappa shape index (κ1) is 17.8. The molecule has 0 amide bonds. The first-order valence-electron chi connectivity index (χ1n) is 6.65. The minimum absolute atomic E-state index is 0.161. The highest BCUT2D eigenvalue weighted by molar-refractivity contribution is 6.67. The minimum Gasteiger partial charge on any atom is -0.481 e. The van der Waals surface area contributed by atoms with E-state index in [0.717, 1.165) is 6.08 Å². The van der Waals surface area contributed by atoms with Gasteiger partial charge in [-0.1, -0.05) is 12.2 Å². The van der Waals surface area contributed by atoms with Crippen molar-refractivity contribution in [3.8, 4) is 0 Å². The normalized spacial score (nSPS) is 20.2. The molecule has 0 radical (unpaired) electrons. The fraction of sp³-hybridized carbons (Fsp3) is 0.188. The van der Waals surface area contributed by atoms with Gasteiger partial charge >= 0.3 is 11.9 Å². The number of hydrogen-bond acceptors (Lipinski definition) is 3. The average molecular weight is 357 g/mol. The van der Waals surface area contributed by atoms with Crippen molar-refractivity contribution in [1.82, 2.24) is 0 Å². The molecule has 24 heavy (non-hydrogen) atoms. The molecule has 5 nitrogen and oxygen atoms in total. The molecule has 0 aromatic heterocycles. The van der Waals surface area contributed by atoms with Gasteiger partial charge < -0.3 is 10.2 Å². The monoisotopic (exact) mass is 356 g/mol. The molecule has 8 heteroatoms. The van der Waals surface area contributed by atoms with Gasteiger partial charge in [0.15, 0.2) is 0 Å². The van der Waals surface area contributed by atoms with Crippen molar-refractivity contribution in [1.29, 1.82) is 0 Å². The summed E-state index contributed by atoms with van der Waals surface area (Å²) in [5.41, 5.74) is -3.07. The lowest BCUT2D eigenvalue weighted by atomic mass is 9.76. The third kappa shape index (κ3) is 3.07. The number of hydrogen-bond donors (Lipinski definition) is 2. The van der Waals surface area contributed by atoms with E-state index in [-0.39, 0.29) is 11.1 Å². The zero-order valence-corrected chi connectivity index (χ0v) is 13.0. The van der Waals surface area contributed by atoms with Crippen LogP contribution in [0.5, 0.6) is 0 Å². The molecular weight excluding hydrogens is 346 g/mol. The first-order chi connectivity index (χ1) is 11.1. The standard InChI is InChI=1S/C16H11ClF2O5/c1-16(15(23)24)3-2-7(10(6-16)14(21)22)8-4-12(19)9(13(17)20)5-11(8)18/h2-5H,6H2,1H3,(H,21,22)(H,23,24). The van der Waals surface area contributed by atoms with E-state index < -0.39 is 51.8 Å². The molecule has 0 saturated carbocycles. The van der Waals surface area contributed by atoms with Crippen LogP contribution in [0.15, 0.2) is 29.9 Å². The summed E-state index contributed by atoms with van der Waals surface area (Å²) >= 11 is 5.14. The minimum atomic E-state index is -1.47. The third-order valence-electron chi connectivity index (χ3n) is 3.79. The molecule has 126 valence electrons. The van der Waals surface area contributed by atoms with E-state index in [1.807, 2.05) is 0 Å². The molecule has 2 N–H and O–H groups in total. The molecule has 1 aromatic rings. The lowest BCUT2D eigenvalue weighted by Gasteiger charge is -2.26. The van der Waals surface area contributed by atoms with Crippen molar-refractivity contribution in [3.63, 3.8) is 0 Å². The molecule has 0 saturated heterocycles. The van der Waals surface area contributed by atoms with Crippen LogP contribution in [-0.4, -0.2) is 27.4 Å². The molecule has 2 rings (SSSR count). The summed E-state index contributed by atoms with van der Waals surface area (Å²) in [5.74, 6) is -4.84. The Morgan fingerprint density at radius 3 is 2.29 bits per heavy atom. The number of benzene rings is 1. The van der Waals surface area contributed by atoms with Gasteiger partial charge in [0.05, 0.1) is 11.0 Å². The number of carboxylic acids is 2. The maximum Gasteiger partial charge on any atom is 0.332 e. The van der Waals surface area contributed by atoms with Gasteiger partial charge in [0.25, 0.3) is 5.24 Å². The van der Waals surface area contributed by atoms with Gasteiger partial charge in [0, 0.05) is 11.1 Å². The van der Waals surface area contributed by atoms with Gasteiger partial charge in [0.2, 0.25) is 0 Å². The zero-order chi connectivity index (χ0) is 18.2. The van der Waals surface area contributed by atoms with Crippen LogP contribution in [0, 0.1) is 17.0 Å². The molecule has 1 aliphatic carbocycles. The molecule has 0 aliphatic heterocycles. The summed E-state index contributed by atoms with van der Waals surface area (Å²) in [6, 6.07) is 1.24.